The molecule has 1 aromatic rings. The molecule has 1 aromatic heterocycles. The van der Waals surface area contributed by atoms with E-state index in [0.717, 1.165) is 44.6 Å². The Morgan fingerprint density at radius 2 is 2.19 bits per heavy atom. The summed E-state index contributed by atoms with van der Waals surface area (Å²) in [4.78, 5) is 16.2. The van der Waals surface area contributed by atoms with E-state index < -0.39 is 0 Å². The molecule has 6 heteroatoms. The van der Waals surface area contributed by atoms with Gasteiger partial charge in [0.2, 0.25) is 0 Å². The first-order chi connectivity index (χ1) is 9.83. The highest BCUT2D eigenvalue weighted by Crippen LogP contribution is 2.31. The summed E-state index contributed by atoms with van der Waals surface area (Å²) in [7, 11) is 0. The van der Waals surface area contributed by atoms with Gasteiger partial charge in [-0.3, -0.25) is 4.79 Å². The summed E-state index contributed by atoms with van der Waals surface area (Å²) < 4.78 is 5.76. The van der Waals surface area contributed by atoms with Crippen LogP contribution in [-0.2, 0) is 17.6 Å². The number of likely N-dealkylation sites (tertiary alicyclic amines) is 1. The molecule has 21 heavy (non-hydrogen) atoms. The number of morpholine rings is 1. The van der Waals surface area contributed by atoms with Gasteiger partial charge in [-0.15, -0.1) is 23.7 Å². The molecule has 0 unspecified atom stereocenters. The van der Waals surface area contributed by atoms with Crippen LogP contribution in [0.25, 0.3) is 0 Å². The van der Waals surface area contributed by atoms with Crippen molar-refractivity contribution in [1.82, 2.24) is 10.2 Å². The van der Waals surface area contributed by atoms with Crippen LogP contribution in [-0.4, -0.2) is 49.2 Å². The van der Waals surface area contributed by atoms with Crippen LogP contribution in [0.4, 0.5) is 0 Å². The predicted molar refractivity (Wildman–Crippen MR) is 85.6 cm³/mol. The van der Waals surface area contributed by atoms with Crippen molar-refractivity contribution >= 4 is 29.7 Å². The maximum Gasteiger partial charge on any atom is 0.255 e. The van der Waals surface area contributed by atoms with Crippen molar-refractivity contribution in [2.75, 3.05) is 26.2 Å². The van der Waals surface area contributed by atoms with Gasteiger partial charge in [-0.2, -0.15) is 0 Å². The average Bonchev–Trinajstić information content (AvgIpc) is 3.10. The molecule has 2 aliphatic heterocycles. The number of aryl methyl sites for hydroxylation is 1. The summed E-state index contributed by atoms with van der Waals surface area (Å²) in [5.41, 5.74) is 2.29. The highest BCUT2D eigenvalue weighted by molar-refractivity contribution is 7.10. The van der Waals surface area contributed by atoms with Crippen LogP contribution >= 0.6 is 23.7 Å². The Kier molecular flexibility index (Phi) is 4.54. The lowest BCUT2D eigenvalue weighted by Gasteiger charge is -2.25. The molecule has 3 aliphatic rings. The van der Waals surface area contributed by atoms with Gasteiger partial charge >= 0.3 is 0 Å². The molecule has 0 saturated carbocycles. The van der Waals surface area contributed by atoms with Crippen LogP contribution in [0.1, 0.15) is 33.6 Å². The average molecular weight is 329 g/mol. The lowest BCUT2D eigenvalue weighted by atomic mass is 9.95. The predicted octanol–water partition coefficient (Wildman–Crippen LogP) is 1.86. The third kappa shape index (κ3) is 2.72. The fraction of sp³-hybridized carbons (Fsp3) is 0.667. The van der Waals surface area contributed by atoms with Crippen LogP contribution in [0.5, 0.6) is 0 Å². The van der Waals surface area contributed by atoms with Gasteiger partial charge in [0.15, 0.2) is 0 Å². The van der Waals surface area contributed by atoms with Gasteiger partial charge in [0, 0.05) is 29.9 Å². The Hall–Kier alpha value is -0.620. The SMILES string of the molecule is Cl.O=C(c1csc2c1CCCC2)N1C[C@@H]2NCCO[C@H]2C1. The number of fused-ring (bicyclic) bond motifs is 2. The summed E-state index contributed by atoms with van der Waals surface area (Å²) in [6.45, 7) is 3.18. The number of nitrogens with one attached hydrogen (secondary N) is 1. The van der Waals surface area contributed by atoms with E-state index in [1.807, 2.05) is 4.90 Å². The second-order valence-electron chi connectivity index (χ2n) is 5.94. The lowest BCUT2D eigenvalue weighted by molar-refractivity contribution is 0.0176. The number of amides is 1. The topological polar surface area (TPSA) is 41.6 Å². The Morgan fingerprint density at radius 3 is 3.05 bits per heavy atom. The van der Waals surface area contributed by atoms with Gasteiger partial charge in [-0.25, -0.2) is 0 Å². The first kappa shape index (κ1) is 15.3. The number of carbonyl (C=O) groups excluding carboxylic acids is 1. The lowest BCUT2D eigenvalue weighted by Crippen LogP contribution is -2.47. The maximum absolute atomic E-state index is 12.8. The first-order valence-corrected chi connectivity index (χ1v) is 8.44. The van der Waals surface area contributed by atoms with E-state index >= 15 is 0 Å². The molecule has 116 valence electrons. The molecule has 1 aliphatic carbocycles. The van der Waals surface area contributed by atoms with E-state index in [1.54, 1.807) is 11.3 Å². The summed E-state index contributed by atoms with van der Waals surface area (Å²) in [6.07, 6.45) is 4.91. The van der Waals surface area contributed by atoms with Crippen LogP contribution in [0, 0.1) is 0 Å². The Balaban J connectivity index is 0.00000132. The number of nitrogens with zero attached hydrogens (tertiary/aromatic N) is 1. The minimum Gasteiger partial charge on any atom is -0.373 e. The Labute approximate surface area is 135 Å². The van der Waals surface area contributed by atoms with Crippen molar-refractivity contribution in [2.45, 2.75) is 37.8 Å². The first-order valence-electron chi connectivity index (χ1n) is 7.56. The zero-order valence-corrected chi connectivity index (χ0v) is 13.6. The van der Waals surface area contributed by atoms with Crippen molar-refractivity contribution < 1.29 is 9.53 Å². The third-order valence-corrected chi connectivity index (χ3v) is 5.77. The molecule has 3 heterocycles. The van der Waals surface area contributed by atoms with E-state index in [9.17, 15) is 4.79 Å². The molecule has 4 rings (SSSR count). The summed E-state index contributed by atoms with van der Waals surface area (Å²) in [5.74, 6) is 0.212. The number of hydrogen-bond acceptors (Lipinski definition) is 4. The Morgan fingerprint density at radius 1 is 1.33 bits per heavy atom. The number of rotatable bonds is 1. The second kappa shape index (κ2) is 6.24. The molecule has 0 bridgehead atoms. The van der Waals surface area contributed by atoms with E-state index in [-0.39, 0.29) is 24.4 Å². The highest BCUT2D eigenvalue weighted by Gasteiger charge is 2.38. The quantitative estimate of drug-likeness (QED) is 0.855. The fourth-order valence-corrected chi connectivity index (χ4v) is 4.72. The summed E-state index contributed by atoms with van der Waals surface area (Å²) in [6, 6.07) is 0.321. The molecular weight excluding hydrogens is 308 g/mol. The van der Waals surface area contributed by atoms with Crippen LogP contribution in [0.15, 0.2) is 5.38 Å². The van der Waals surface area contributed by atoms with Crippen LogP contribution in [0.3, 0.4) is 0 Å². The van der Waals surface area contributed by atoms with Crippen molar-refractivity contribution in [3.8, 4) is 0 Å². The van der Waals surface area contributed by atoms with E-state index in [2.05, 4.69) is 10.7 Å². The zero-order chi connectivity index (χ0) is 13.5. The molecule has 2 atom stereocenters. The highest BCUT2D eigenvalue weighted by atomic mass is 35.5. The maximum atomic E-state index is 12.8. The number of halogens is 1. The molecule has 0 radical (unpaired) electrons. The van der Waals surface area contributed by atoms with Gasteiger partial charge < -0.3 is 15.0 Å². The van der Waals surface area contributed by atoms with Crippen molar-refractivity contribution in [3.05, 3.63) is 21.4 Å². The van der Waals surface area contributed by atoms with E-state index in [4.69, 9.17) is 4.74 Å². The molecule has 2 fully saturated rings. The molecule has 1 N–H and O–H groups in total. The molecular formula is C15H21ClN2O2S. The Bertz CT molecular complexity index is 520. The van der Waals surface area contributed by atoms with Crippen LogP contribution < -0.4 is 5.32 Å². The number of thiophene rings is 1. The van der Waals surface area contributed by atoms with Gasteiger partial charge in [0.05, 0.1) is 24.3 Å². The molecule has 2 saturated heterocycles. The van der Waals surface area contributed by atoms with Gasteiger partial charge in [0.1, 0.15) is 0 Å². The van der Waals surface area contributed by atoms with E-state index in [1.165, 1.54) is 23.3 Å². The monoisotopic (exact) mass is 328 g/mol. The summed E-state index contributed by atoms with van der Waals surface area (Å²) >= 11 is 1.77. The second-order valence-corrected chi connectivity index (χ2v) is 6.90. The van der Waals surface area contributed by atoms with Gasteiger partial charge in [-0.05, 0) is 31.2 Å². The molecule has 0 aromatic carbocycles. The smallest absolute Gasteiger partial charge is 0.255 e. The van der Waals surface area contributed by atoms with Crippen molar-refractivity contribution in [3.63, 3.8) is 0 Å². The normalized spacial score (nSPS) is 27.7. The largest absolute Gasteiger partial charge is 0.373 e. The summed E-state index contributed by atoms with van der Waals surface area (Å²) in [5, 5.41) is 5.54. The molecule has 1 amide bonds. The van der Waals surface area contributed by atoms with Gasteiger partial charge in [-0.1, -0.05) is 0 Å². The standard InChI is InChI=1S/C15H20N2O2S.ClH/c18-15(11-9-20-14-4-2-1-3-10(11)14)17-7-12-13(8-17)19-6-5-16-12;/h9,12-13,16H,1-8H2;1H/t12-,13-;/m0./s1. The van der Waals surface area contributed by atoms with Crippen LogP contribution in [0.2, 0.25) is 0 Å². The minimum absolute atomic E-state index is 0. The van der Waals surface area contributed by atoms with E-state index in [0.29, 0.717) is 6.04 Å². The molecule has 4 nitrogen and oxygen atoms in total. The number of hydrogen-bond donors (Lipinski definition) is 1. The number of ether oxygens (including phenoxy) is 1. The van der Waals surface area contributed by atoms with Gasteiger partial charge in [0.25, 0.3) is 5.91 Å². The zero-order valence-electron chi connectivity index (χ0n) is 12.0. The minimum atomic E-state index is 0. The van der Waals surface area contributed by atoms with Crippen molar-refractivity contribution in [2.24, 2.45) is 0 Å². The third-order valence-electron chi connectivity index (χ3n) is 4.69. The molecule has 0 spiro atoms. The fourth-order valence-electron chi connectivity index (χ4n) is 3.60. The number of carbonyl (C=O) groups is 1. The van der Waals surface area contributed by atoms with Crippen molar-refractivity contribution in [1.29, 1.82) is 0 Å².